The topological polar surface area (TPSA) is 59.2 Å². The molecule has 0 radical (unpaired) electrons. The zero-order valence-electron chi connectivity index (χ0n) is 9.44. The highest BCUT2D eigenvalue weighted by Crippen LogP contribution is 2.26. The molecule has 0 aliphatic heterocycles. The number of alkyl halides is 1. The Kier molecular flexibility index (Phi) is 5.18. The third-order valence-corrected chi connectivity index (χ3v) is 3.58. The smallest absolute Gasteiger partial charge is 0.231 e. The summed E-state index contributed by atoms with van der Waals surface area (Å²) in [5.41, 5.74) is 6.06. The van der Waals surface area contributed by atoms with E-state index in [4.69, 9.17) is 17.3 Å². The first-order valence-electron chi connectivity index (χ1n) is 5.07. The molecule has 0 aliphatic rings. The van der Waals surface area contributed by atoms with Gasteiger partial charge < -0.3 is 5.73 Å². The van der Waals surface area contributed by atoms with E-state index in [1.807, 2.05) is 17.3 Å². The summed E-state index contributed by atoms with van der Waals surface area (Å²) in [7, 11) is 1.88. The first-order chi connectivity index (χ1) is 7.58. The van der Waals surface area contributed by atoms with Crippen LogP contribution in [0.25, 0.3) is 0 Å². The number of carbonyl (C=O) groups is 1. The van der Waals surface area contributed by atoms with Gasteiger partial charge in [0.15, 0.2) is 0 Å². The van der Waals surface area contributed by atoms with Crippen molar-refractivity contribution in [2.75, 3.05) is 13.6 Å². The minimum absolute atomic E-state index is 0.134. The number of primary amides is 1. The Hall–Kier alpha value is -0.650. The van der Waals surface area contributed by atoms with Crippen LogP contribution in [0.4, 0.5) is 0 Å². The van der Waals surface area contributed by atoms with Crippen LogP contribution in [-0.2, 0) is 10.7 Å². The molecule has 0 spiro atoms. The molecule has 90 valence electrons. The van der Waals surface area contributed by atoms with Crippen LogP contribution in [0.1, 0.15) is 30.1 Å². The van der Waals surface area contributed by atoms with Gasteiger partial charge >= 0.3 is 0 Å². The number of hydrogen-bond donors (Lipinski definition) is 1. The molecule has 1 atom stereocenters. The van der Waals surface area contributed by atoms with Gasteiger partial charge in [-0.25, -0.2) is 4.98 Å². The fourth-order valence-corrected chi connectivity index (χ4v) is 2.86. The Morgan fingerprint density at radius 1 is 1.75 bits per heavy atom. The molecule has 0 aliphatic carbocycles. The number of halogens is 1. The van der Waals surface area contributed by atoms with Crippen molar-refractivity contribution in [1.82, 2.24) is 9.88 Å². The lowest BCUT2D eigenvalue weighted by Crippen LogP contribution is -2.33. The van der Waals surface area contributed by atoms with Gasteiger partial charge in [0.05, 0.1) is 24.2 Å². The second kappa shape index (κ2) is 6.18. The number of hydrogen-bond acceptors (Lipinski definition) is 4. The lowest BCUT2D eigenvalue weighted by atomic mass is 10.2. The number of carbonyl (C=O) groups excluding carboxylic acids is 1. The Balaban J connectivity index is 2.76. The van der Waals surface area contributed by atoms with Crippen LogP contribution >= 0.6 is 22.9 Å². The monoisotopic (exact) mass is 261 g/mol. The number of likely N-dealkylation sites (N-methyl/N-ethyl adjacent to an activating group) is 1. The number of thiazole rings is 1. The van der Waals surface area contributed by atoms with E-state index in [1.54, 1.807) is 11.3 Å². The maximum atomic E-state index is 10.9. The summed E-state index contributed by atoms with van der Waals surface area (Å²) in [6.45, 7) is 2.30. The molecule has 0 bridgehead atoms. The van der Waals surface area contributed by atoms with Crippen molar-refractivity contribution in [2.24, 2.45) is 5.73 Å². The summed E-state index contributed by atoms with van der Waals surface area (Å²) in [4.78, 5) is 17.2. The van der Waals surface area contributed by atoms with Crippen molar-refractivity contribution in [3.63, 3.8) is 0 Å². The van der Waals surface area contributed by atoms with E-state index in [0.717, 1.165) is 17.1 Å². The van der Waals surface area contributed by atoms with Gasteiger partial charge in [-0.2, -0.15) is 0 Å². The number of rotatable bonds is 6. The Morgan fingerprint density at radius 2 is 2.44 bits per heavy atom. The minimum atomic E-state index is -0.324. The Bertz CT molecular complexity index is 356. The first-order valence-corrected chi connectivity index (χ1v) is 6.48. The van der Waals surface area contributed by atoms with Crippen LogP contribution in [-0.4, -0.2) is 29.4 Å². The molecule has 6 heteroatoms. The molecule has 1 heterocycles. The second-order valence-corrected chi connectivity index (χ2v) is 4.77. The van der Waals surface area contributed by atoms with Crippen LogP contribution < -0.4 is 5.73 Å². The molecule has 4 nitrogen and oxygen atoms in total. The van der Waals surface area contributed by atoms with Crippen molar-refractivity contribution in [1.29, 1.82) is 0 Å². The largest absolute Gasteiger partial charge is 0.369 e. The number of amides is 1. The first kappa shape index (κ1) is 13.4. The van der Waals surface area contributed by atoms with Crippen LogP contribution in [0.15, 0.2) is 5.38 Å². The molecular formula is C10H16ClN3OS. The summed E-state index contributed by atoms with van der Waals surface area (Å²) in [6, 6.07) is 0.134. The normalized spacial score (nSPS) is 13.0. The summed E-state index contributed by atoms with van der Waals surface area (Å²) in [5, 5.41) is 2.94. The third-order valence-electron chi connectivity index (χ3n) is 2.32. The number of nitrogens with two attached hydrogens (primary N) is 1. The molecule has 1 unspecified atom stereocenters. The van der Waals surface area contributed by atoms with Gasteiger partial charge in [-0.1, -0.05) is 6.92 Å². The predicted octanol–water partition coefficient (Wildman–Crippen LogP) is 1.75. The van der Waals surface area contributed by atoms with E-state index in [9.17, 15) is 4.79 Å². The number of nitrogens with zero attached hydrogens (tertiary/aromatic N) is 2. The number of aromatic nitrogens is 1. The Labute approximate surface area is 104 Å². The molecule has 1 aromatic heterocycles. The average Bonchev–Trinajstić information content (AvgIpc) is 2.66. The highest BCUT2D eigenvalue weighted by atomic mass is 35.5. The zero-order chi connectivity index (χ0) is 12.1. The van der Waals surface area contributed by atoms with Crippen molar-refractivity contribution in [3.8, 4) is 0 Å². The van der Waals surface area contributed by atoms with Gasteiger partial charge in [0.2, 0.25) is 5.91 Å². The molecule has 1 amide bonds. The molecular weight excluding hydrogens is 246 g/mol. The molecule has 16 heavy (non-hydrogen) atoms. The van der Waals surface area contributed by atoms with Gasteiger partial charge in [-0.3, -0.25) is 9.69 Å². The summed E-state index contributed by atoms with van der Waals surface area (Å²) in [6.07, 6.45) is 0.888. The van der Waals surface area contributed by atoms with Crippen molar-refractivity contribution in [3.05, 3.63) is 16.1 Å². The average molecular weight is 262 g/mol. The Morgan fingerprint density at radius 3 is 2.88 bits per heavy atom. The molecule has 0 fully saturated rings. The molecule has 0 aromatic carbocycles. The van der Waals surface area contributed by atoms with E-state index < -0.39 is 0 Å². The molecule has 1 rings (SSSR count). The third kappa shape index (κ3) is 3.43. The maximum absolute atomic E-state index is 10.9. The fourth-order valence-electron chi connectivity index (χ4n) is 1.57. The lowest BCUT2D eigenvalue weighted by Gasteiger charge is -2.23. The standard InChI is InChI=1S/C10H16ClN3OS/c1-3-8(14(2)5-9(12)15)10-13-7(4-11)6-16-10/h6,8H,3-5H2,1-2H3,(H2,12,15). The van der Waals surface area contributed by atoms with Gasteiger partial charge in [-0.15, -0.1) is 22.9 Å². The molecule has 2 N–H and O–H groups in total. The molecule has 1 aromatic rings. The van der Waals surface area contributed by atoms with Gasteiger partial charge in [0.1, 0.15) is 5.01 Å². The van der Waals surface area contributed by atoms with E-state index in [1.165, 1.54) is 0 Å². The molecule has 0 saturated heterocycles. The highest BCUT2D eigenvalue weighted by molar-refractivity contribution is 7.09. The molecule has 0 saturated carbocycles. The summed E-state index contributed by atoms with van der Waals surface area (Å²) < 4.78 is 0. The van der Waals surface area contributed by atoms with Crippen molar-refractivity contribution < 1.29 is 4.79 Å². The maximum Gasteiger partial charge on any atom is 0.231 e. The van der Waals surface area contributed by atoms with Crippen LogP contribution in [0.3, 0.4) is 0 Å². The van der Waals surface area contributed by atoms with Crippen molar-refractivity contribution in [2.45, 2.75) is 25.3 Å². The predicted molar refractivity (Wildman–Crippen MR) is 66.5 cm³/mol. The second-order valence-electron chi connectivity index (χ2n) is 3.62. The van der Waals surface area contributed by atoms with Gasteiger partial charge in [0, 0.05) is 5.38 Å². The quantitative estimate of drug-likeness (QED) is 0.794. The van der Waals surface area contributed by atoms with Crippen LogP contribution in [0.5, 0.6) is 0 Å². The van der Waals surface area contributed by atoms with Crippen LogP contribution in [0.2, 0.25) is 0 Å². The highest BCUT2D eigenvalue weighted by Gasteiger charge is 2.19. The fraction of sp³-hybridized carbons (Fsp3) is 0.600. The lowest BCUT2D eigenvalue weighted by molar-refractivity contribution is -0.119. The van der Waals surface area contributed by atoms with E-state index in [-0.39, 0.29) is 18.5 Å². The SMILES string of the molecule is CCC(c1nc(CCl)cs1)N(C)CC(N)=O. The van der Waals surface area contributed by atoms with E-state index in [2.05, 4.69) is 11.9 Å². The summed E-state index contributed by atoms with van der Waals surface area (Å²) in [5.74, 6) is 0.0991. The summed E-state index contributed by atoms with van der Waals surface area (Å²) >= 11 is 7.28. The van der Waals surface area contributed by atoms with Crippen molar-refractivity contribution >= 4 is 28.8 Å². The zero-order valence-corrected chi connectivity index (χ0v) is 11.0. The van der Waals surface area contributed by atoms with Gasteiger partial charge in [-0.05, 0) is 13.5 Å². The van der Waals surface area contributed by atoms with E-state index >= 15 is 0 Å². The van der Waals surface area contributed by atoms with E-state index in [0.29, 0.717) is 5.88 Å². The van der Waals surface area contributed by atoms with Gasteiger partial charge in [0.25, 0.3) is 0 Å². The van der Waals surface area contributed by atoms with Crippen LogP contribution in [0, 0.1) is 0 Å². The minimum Gasteiger partial charge on any atom is -0.369 e.